The molecule has 5 heteroatoms. The summed E-state index contributed by atoms with van der Waals surface area (Å²) in [6, 6.07) is 5.34. The van der Waals surface area contributed by atoms with Crippen molar-refractivity contribution in [3.8, 4) is 11.5 Å². The quantitative estimate of drug-likeness (QED) is 0.916. The van der Waals surface area contributed by atoms with E-state index in [1.54, 1.807) is 12.1 Å². The lowest BCUT2D eigenvalue weighted by Crippen LogP contribution is -2.08. The Labute approximate surface area is 121 Å². The van der Waals surface area contributed by atoms with Gasteiger partial charge in [0, 0.05) is 17.4 Å². The summed E-state index contributed by atoms with van der Waals surface area (Å²) in [6.07, 6.45) is 4.32. The Bertz CT molecular complexity index is 735. The van der Waals surface area contributed by atoms with Crippen LogP contribution in [0, 0.1) is 0 Å². The van der Waals surface area contributed by atoms with Gasteiger partial charge in [-0.15, -0.1) is 0 Å². The van der Waals surface area contributed by atoms with Crippen LogP contribution < -0.4 is 9.47 Å². The maximum Gasteiger partial charge on any atom is 0.337 e. The van der Waals surface area contributed by atoms with Gasteiger partial charge in [0.25, 0.3) is 0 Å². The van der Waals surface area contributed by atoms with Crippen molar-refractivity contribution in [2.75, 3.05) is 6.79 Å². The van der Waals surface area contributed by atoms with Crippen molar-refractivity contribution in [2.45, 2.75) is 31.6 Å². The third-order valence-corrected chi connectivity index (χ3v) is 4.31. The van der Waals surface area contributed by atoms with E-state index in [-0.39, 0.29) is 12.7 Å². The minimum Gasteiger partial charge on any atom is -0.478 e. The molecule has 0 spiro atoms. The van der Waals surface area contributed by atoms with Gasteiger partial charge in [0.05, 0.1) is 16.8 Å². The van der Waals surface area contributed by atoms with Crippen LogP contribution in [0.1, 0.15) is 47.7 Å². The highest BCUT2D eigenvalue weighted by molar-refractivity contribution is 5.95. The molecule has 1 aliphatic heterocycles. The van der Waals surface area contributed by atoms with E-state index in [1.807, 2.05) is 6.07 Å². The number of carboxylic acids is 1. The molecule has 21 heavy (non-hydrogen) atoms. The zero-order valence-corrected chi connectivity index (χ0v) is 11.5. The Morgan fingerprint density at radius 2 is 1.86 bits per heavy atom. The number of aromatic carboxylic acids is 1. The molecule has 0 bridgehead atoms. The third kappa shape index (κ3) is 2.00. The second kappa shape index (κ2) is 4.62. The summed E-state index contributed by atoms with van der Waals surface area (Å²) >= 11 is 0. The van der Waals surface area contributed by atoms with Crippen molar-refractivity contribution < 1.29 is 19.4 Å². The SMILES string of the molecule is O=C(O)c1cc2cc3c(cc2nc1C1CCCC1)OCO3. The number of hydrogen-bond donors (Lipinski definition) is 1. The van der Waals surface area contributed by atoms with Gasteiger partial charge in [0.1, 0.15) is 0 Å². The predicted molar refractivity (Wildman–Crippen MR) is 76.0 cm³/mol. The highest BCUT2D eigenvalue weighted by atomic mass is 16.7. The topological polar surface area (TPSA) is 68.7 Å². The first-order chi connectivity index (χ1) is 10.2. The molecule has 0 unspecified atom stereocenters. The van der Waals surface area contributed by atoms with Crippen molar-refractivity contribution in [3.05, 3.63) is 29.5 Å². The molecule has 1 aliphatic carbocycles. The molecule has 2 aliphatic rings. The molecule has 2 aromatic rings. The van der Waals surface area contributed by atoms with E-state index in [1.165, 1.54) is 0 Å². The molecule has 1 fully saturated rings. The lowest BCUT2D eigenvalue weighted by atomic mass is 9.97. The Kier molecular flexibility index (Phi) is 2.74. The van der Waals surface area contributed by atoms with Crippen LogP contribution in [0.3, 0.4) is 0 Å². The fourth-order valence-electron chi connectivity index (χ4n) is 3.26. The Hall–Kier alpha value is -2.30. The van der Waals surface area contributed by atoms with Gasteiger partial charge in [-0.05, 0) is 25.0 Å². The van der Waals surface area contributed by atoms with Crippen LogP contribution in [0.4, 0.5) is 0 Å². The van der Waals surface area contributed by atoms with Crippen LogP contribution in [-0.2, 0) is 0 Å². The average Bonchev–Trinajstić information content (AvgIpc) is 3.14. The molecule has 1 saturated carbocycles. The number of benzene rings is 1. The normalized spacial score (nSPS) is 17.5. The van der Waals surface area contributed by atoms with Crippen molar-refractivity contribution in [1.82, 2.24) is 4.98 Å². The van der Waals surface area contributed by atoms with E-state index in [0.29, 0.717) is 22.8 Å². The fourth-order valence-corrected chi connectivity index (χ4v) is 3.26. The van der Waals surface area contributed by atoms with E-state index >= 15 is 0 Å². The van der Waals surface area contributed by atoms with Crippen molar-refractivity contribution >= 4 is 16.9 Å². The summed E-state index contributed by atoms with van der Waals surface area (Å²) in [6.45, 7) is 0.201. The Balaban J connectivity index is 1.92. The molecular weight excluding hydrogens is 270 g/mol. The van der Waals surface area contributed by atoms with E-state index in [9.17, 15) is 9.90 Å². The molecule has 0 atom stereocenters. The summed E-state index contributed by atoms with van der Waals surface area (Å²) in [5.41, 5.74) is 1.80. The summed E-state index contributed by atoms with van der Waals surface area (Å²) in [4.78, 5) is 16.2. The smallest absolute Gasteiger partial charge is 0.337 e. The first-order valence-corrected chi connectivity index (χ1v) is 7.20. The molecule has 2 heterocycles. The molecular formula is C16H15NO4. The second-order valence-electron chi connectivity index (χ2n) is 5.61. The molecule has 1 aromatic heterocycles. The summed E-state index contributed by atoms with van der Waals surface area (Å²) in [5.74, 6) is 0.666. The molecule has 108 valence electrons. The van der Waals surface area contributed by atoms with Crippen molar-refractivity contribution in [3.63, 3.8) is 0 Å². The monoisotopic (exact) mass is 285 g/mol. The second-order valence-corrected chi connectivity index (χ2v) is 5.61. The fraction of sp³-hybridized carbons (Fsp3) is 0.375. The number of pyridine rings is 1. The van der Waals surface area contributed by atoms with Gasteiger partial charge >= 0.3 is 5.97 Å². The number of fused-ring (bicyclic) bond motifs is 2. The van der Waals surface area contributed by atoms with Crippen molar-refractivity contribution in [2.24, 2.45) is 0 Å². The maximum absolute atomic E-state index is 11.6. The number of nitrogens with zero attached hydrogens (tertiary/aromatic N) is 1. The van der Waals surface area contributed by atoms with Crippen LogP contribution in [-0.4, -0.2) is 22.9 Å². The standard InChI is InChI=1S/C16H15NO4/c18-16(19)11-5-10-6-13-14(21-8-20-13)7-12(10)17-15(11)9-3-1-2-4-9/h5-7,9H,1-4,8H2,(H,18,19). The van der Waals surface area contributed by atoms with Gasteiger partial charge in [0.2, 0.25) is 6.79 Å². The summed E-state index contributed by atoms with van der Waals surface area (Å²) < 4.78 is 10.7. The van der Waals surface area contributed by atoms with Crippen molar-refractivity contribution in [1.29, 1.82) is 0 Å². The van der Waals surface area contributed by atoms with Gasteiger partial charge in [-0.2, -0.15) is 0 Å². The molecule has 1 N–H and O–H groups in total. The van der Waals surface area contributed by atoms with Gasteiger partial charge in [-0.1, -0.05) is 12.8 Å². The summed E-state index contributed by atoms with van der Waals surface area (Å²) in [7, 11) is 0. The van der Waals surface area contributed by atoms with Crippen LogP contribution in [0.5, 0.6) is 11.5 Å². The summed E-state index contributed by atoms with van der Waals surface area (Å²) in [5, 5.41) is 10.3. The average molecular weight is 285 g/mol. The van der Waals surface area contributed by atoms with E-state index in [0.717, 1.165) is 36.6 Å². The molecule has 5 nitrogen and oxygen atoms in total. The molecule has 1 aromatic carbocycles. The number of ether oxygens (including phenoxy) is 2. The third-order valence-electron chi connectivity index (χ3n) is 4.31. The van der Waals surface area contributed by atoms with Gasteiger partial charge in [0.15, 0.2) is 11.5 Å². The number of aromatic nitrogens is 1. The first-order valence-electron chi connectivity index (χ1n) is 7.20. The van der Waals surface area contributed by atoms with E-state index in [2.05, 4.69) is 4.98 Å². The molecule has 0 saturated heterocycles. The lowest BCUT2D eigenvalue weighted by Gasteiger charge is -2.13. The zero-order valence-electron chi connectivity index (χ0n) is 11.5. The number of carboxylic acid groups (broad SMARTS) is 1. The highest BCUT2D eigenvalue weighted by Crippen LogP contribution is 2.39. The van der Waals surface area contributed by atoms with Gasteiger partial charge in [-0.25, -0.2) is 4.79 Å². The van der Waals surface area contributed by atoms with Crippen LogP contribution in [0.25, 0.3) is 10.9 Å². The van der Waals surface area contributed by atoms with E-state index in [4.69, 9.17) is 9.47 Å². The van der Waals surface area contributed by atoms with Crippen LogP contribution >= 0.6 is 0 Å². The van der Waals surface area contributed by atoms with Crippen LogP contribution in [0.15, 0.2) is 18.2 Å². The van der Waals surface area contributed by atoms with Gasteiger partial charge in [-0.3, -0.25) is 4.98 Å². The lowest BCUT2D eigenvalue weighted by molar-refractivity contribution is 0.0694. The number of carbonyl (C=O) groups is 1. The molecule has 0 radical (unpaired) electrons. The predicted octanol–water partition coefficient (Wildman–Crippen LogP) is 3.32. The van der Waals surface area contributed by atoms with Gasteiger partial charge < -0.3 is 14.6 Å². The largest absolute Gasteiger partial charge is 0.478 e. The van der Waals surface area contributed by atoms with Crippen LogP contribution in [0.2, 0.25) is 0 Å². The maximum atomic E-state index is 11.6. The minimum atomic E-state index is -0.913. The molecule has 0 amide bonds. The van der Waals surface area contributed by atoms with E-state index < -0.39 is 5.97 Å². The minimum absolute atomic E-state index is 0.201. The molecule has 4 rings (SSSR count). The number of hydrogen-bond acceptors (Lipinski definition) is 4. The first kappa shape index (κ1) is 12.4. The Morgan fingerprint density at radius 3 is 2.57 bits per heavy atom. The number of rotatable bonds is 2. The highest BCUT2D eigenvalue weighted by Gasteiger charge is 2.25. The zero-order chi connectivity index (χ0) is 14.4. The Morgan fingerprint density at radius 1 is 1.14 bits per heavy atom.